The molecule has 0 bridgehead atoms. The standard InChI is InChI=1S/C15H25N3/c1-3-16-12-14-11-15(6-8-17-14)18-9-4-5-13(2)7-10-18/h6,8,11,13,16H,3-5,7,9-10,12H2,1-2H3. The van der Waals surface area contributed by atoms with Crippen molar-refractivity contribution >= 4 is 5.69 Å². The molecule has 0 aliphatic carbocycles. The average molecular weight is 247 g/mol. The highest BCUT2D eigenvalue weighted by molar-refractivity contribution is 5.46. The lowest BCUT2D eigenvalue weighted by molar-refractivity contribution is 0.521. The van der Waals surface area contributed by atoms with Crippen molar-refractivity contribution in [3.8, 4) is 0 Å². The fraction of sp³-hybridized carbons (Fsp3) is 0.667. The molecule has 1 N–H and O–H groups in total. The third-order valence-corrected chi connectivity index (χ3v) is 3.74. The van der Waals surface area contributed by atoms with Crippen LogP contribution in [0.25, 0.3) is 0 Å². The van der Waals surface area contributed by atoms with Crippen LogP contribution in [-0.2, 0) is 6.54 Å². The van der Waals surface area contributed by atoms with Crippen molar-refractivity contribution in [1.82, 2.24) is 10.3 Å². The summed E-state index contributed by atoms with van der Waals surface area (Å²) in [6.45, 7) is 8.73. The van der Waals surface area contributed by atoms with Crippen molar-refractivity contribution in [2.45, 2.75) is 39.7 Å². The maximum Gasteiger partial charge on any atom is 0.0562 e. The Labute approximate surface area is 111 Å². The van der Waals surface area contributed by atoms with Gasteiger partial charge in [-0.15, -0.1) is 0 Å². The van der Waals surface area contributed by atoms with Crippen molar-refractivity contribution in [3.63, 3.8) is 0 Å². The summed E-state index contributed by atoms with van der Waals surface area (Å²) < 4.78 is 0. The highest BCUT2D eigenvalue weighted by atomic mass is 15.1. The van der Waals surface area contributed by atoms with Crippen LogP contribution in [0.4, 0.5) is 5.69 Å². The van der Waals surface area contributed by atoms with Gasteiger partial charge in [0.25, 0.3) is 0 Å². The summed E-state index contributed by atoms with van der Waals surface area (Å²) in [4.78, 5) is 6.94. The highest BCUT2D eigenvalue weighted by Crippen LogP contribution is 2.22. The first-order valence-corrected chi connectivity index (χ1v) is 7.20. The summed E-state index contributed by atoms with van der Waals surface area (Å²) in [7, 11) is 0. The van der Waals surface area contributed by atoms with Gasteiger partial charge in [-0.25, -0.2) is 0 Å². The fourth-order valence-corrected chi connectivity index (χ4v) is 2.53. The molecule has 1 saturated heterocycles. The van der Waals surface area contributed by atoms with Crippen LogP contribution in [0.1, 0.15) is 38.8 Å². The van der Waals surface area contributed by atoms with Gasteiger partial charge in [0, 0.05) is 31.5 Å². The summed E-state index contributed by atoms with van der Waals surface area (Å²) in [5, 5.41) is 3.33. The van der Waals surface area contributed by atoms with Gasteiger partial charge in [-0.1, -0.05) is 13.8 Å². The quantitative estimate of drug-likeness (QED) is 0.887. The summed E-state index contributed by atoms with van der Waals surface area (Å²) in [6, 6.07) is 4.38. The third-order valence-electron chi connectivity index (χ3n) is 3.74. The number of nitrogens with one attached hydrogen (secondary N) is 1. The van der Waals surface area contributed by atoms with E-state index in [9.17, 15) is 0 Å². The van der Waals surface area contributed by atoms with E-state index >= 15 is 0 Å². The van der Waals surface area contributed by atoms with E-state index < -0.39 is 0 Å². The van der Waals surface area contributed by atoms with Crippen LogP contribution in [0.5, 0.6) is 0 Å². The number of nitrogens with zero attached hydrogens (tertiary/aromatic N) is 2. The first-order valence-electron chi connectivity index (χ1n) is 7.20. The van der Waals surface area contributed by atoms with Gasteiger partial charge in [0.1, 0.15) is 0 Å². The van der Waals surface area contributed by atoms with Crippen molar-refractivity contribution in [2.75, 3.05) is 24.5 Å². The number of hydrogen-bond donors (Lipinski definition) is 1. The van der Waals surface area contributed by atoms with E-state index in [-0.39, 0.29) is 0 Å². The van der Waals surface area contributed by atoms with Crippen LogP contribution in [0.2, 0.25) is 0 Å². The van der Waals surface area contributed by atoms with Crippen LogP contribution >= 0.6 is 0 Å². The van der Waals surface area contributed by atoms with Crippen molar-refractivity contribution in [2.24, 2.45) is 5.92 Å². The summed E-state index contributed by atoms with van der Waals surface area (Å²) >= 11 is 0. The Kier molecular flexibility index (Phi) is 5.00. The Bertz CT molecular complexity index is 365. The van der Waals surface area contributed by atoms with Crippen LogP contribution in [-0.4, -0.2) is 24.6 Å². The van der Waals surface area contributed by atoms with Gasteiger partial charge in [-0.05, 0) is 43.9 Å². The number of hydrogen-bond acceptors (Lipinski definition) is 3. The number of rotatable bonds is 4. The Morgan fingerprint density at radius 2 is 2.28 bits per heavy atom. The van der Waals surface area contributed by atoms with Crippen molar-refractivity contribution < 1.29 is 0 Å². The van der Waals surface area contributed by atoms with Crippen LogP contribution in [0.15, 0.2) is 18.3 Å². The fourth-order valence-electron chi connectivity index (χ4n) is 2.53. The molecule has 1 aliphatic heterocycles. The lowest BCUT2D eigenvalue weighted by Crippen LogP contribution is -2.24. The maximum atomic E-state index is 4.42. The minimum Gasteiger partial charge on any atom is -0.371 e. The second kappa shape index (κ2) is 6.74. The smallest absolute Gasteiger partial charge is 0.0562 e. The lowest BCUT2D eigenvalue weighted by Gasteiger charge is -2.23. The SMILES string of the molecule is CCNCc1cc(N2CCCC(C)CC2)ccn1. The largest absolute Gasteiger partial charge is 0.371 e. The van der Waals surface area contributed by atoms with E-state index in [1.807, 2.05) is 6.20 Å². The van der Waals surface area contributed by atoms with Gasteiger partial charge in [0.05, 0.1) is 5.69 Å². The van der Waals surface area contributed by atoms with Crippen molar-refractivity contribution in [1.29, 1.82) is 0 Å². The normalized spacial score (nSPS) is 20.8. The average Bonchev–Trinajstić information content (AvgIpc) is 2.61. The zero-order valence-corrected chi connectivity index (χ0v) is 11.7. The van der Waals surface area contributed by atoms with Gasteiger partial charge in [-0.3, -0.25) is 4.98 Å². The molecular formula is C15H25N3. The minimum atomic E-state index is 0.870. The molecule has 0 spiro atoms. The Morgan fingerprint density at radius 1 is 1.39 bits per heavy atom. The molecule has 2 rings (SSSR count). The Balaban J connectivity index is 2.02. The van der Waals surface area contributed by atoms with E-state index in [0.717, 1.165) is 24.7 Å². The number of aromatic nitrogens is 1. The second-order valence-electron chi connectivity index (χ2n) is 5.31. The summed E-state index contributed by atoms with van der Waals surface area (Å²) in [6.07, 6.45) is 5.93. The molecule has 0 aromatic carbocycles. The molecule has 3 nitrogen and oxygen atoms in total. The van der Waals surface area contributed by atoms with E-state index in [2.05, 4.69) is 41.2 Å². The zero-order chi connectivity index (χ0) is 12.8. The van der Waals surface area contributed by atoms with Crippen LogP contribution < -0.4 is 10.2 Å². The van der Waals surface area contributed by atoms with Gasteiger partial charge in [-0.2, -0.15) is 0 Å². The lowest BCUT2D eigenvalue weighted by atomic mass is 10.0. The molecule has 1 aromatic heterocycles. The zero-order valence-electron chi connectivity index (χ0n) is 11.7. The maximum absolute atomic E-state index is 4.42. The predicted molar refractivity (Wildman–Crippen MR) is 76.8 cm³/mol. The molecule has 0 saturated carbocycles. The molecule has 0 radical (unpaired) electrons. The predicted octanol–water partition coefficient (Wildman–Crippen LogP) is 2.82. The second-order valence-corrected chi connectivity index (χ2v) is 5.31. The van der Waals surface area contributed by atoms with Gasteiger partial charge >= 0.3 is 0 Å². The molecule has 1 fully saturated rings. The van der Waals surface area contributed by atoms with E-state index in [1.54, 1.807) is 0 Å². The molecule has 1 unspecified atom stereocenters. The molecular weight excluding hydrogens is 222 g/mol. The van der Waals surface area contributed by atoms with Gasteiger partial charge in [0.2, 0.25) is 0 Å². The van der Waals surface area contributed by atoms with Crippen LogP contribution in [0, 0.1) is 5.92 Å². The molecule has 100 valence electrons. The molecule has 2 heterocycles. The number of pyridine rings is 1. The number of anilines is 1. The molecule has 18 heavy (non-hydrogen) atoms. The highest BCUT2D eigenvalue weighted by Gasteiger charge is 2.14. The molecule has 3 heteroatoms. The molecule has 1 aromatic rings. The first kappa shape index (κ1) is 13.3. The van der Waals surface area contributed by atoms with Gasteiger partial charge in [0.15, 0.2) is 0 Å². The molecule has 1 atom stereocenters. The third kappa shape index (κ3) is 3.70. The molecule has 1 aliphatic rings. The first-order chi connectivity index (χ1) is 8.79. The summed E-state index contributed by atoms with van der Waals surface area (Å²) in [5.41, 5.74) is 2.48. The summed E-state index contributed by atoms with van der Waals surface area (Å²) in [5.74, 6) is 0.873. The topological polar surface area (TPSA) is 28.2 Å². The van der Waals surface area contributed by atoms with Crippen molar-refractivity contribution in [3.05, 3.63) is 24.0 Å². The van der Waals surface area contributed by atoms with E-state index in [4.69, 9.17) is 0 Å². The monoisotopic (exact) mass is 247 g/mol. The minimum absolute atomic E-state index is 0.870. The molecule has 0 amide bonds. The van der Waals surface area contributed by atoms with Crippen LogP contribution in [0.3, 0.4) is 0 Å². The Morgan fingerprint density at radius 3 is 3.11 bits per heavy atom. The Hall–Kier alpha value is -1.09. The van der Waals surface area contributed by atoms with Gasteiger partial charge < -0.3 is 10.2 Å². The van der Waals surface area contributed by atoms with E-state index in [0.29, 0.717) is 0 Å². The van der Waals surface area contributed by atoms with E-state index in [1.165, 1.54) is 38.0 Å².